The van der Waals surface area contributed by atoms with Gasteiger partial charge in [0.15, 0.2) is 0 Å². The first-order valence-corrected chi connectivity index (χ1v) is 7.12. The van der Waals surface area contributed by atoms with Crippen LogP contribution in [0.4, 0.5) is 0 Å². The third-order valence-electron chi connectivity index (χ3n) is 3.72. The number of nitrogens with two attached hydrogens (primary N) is 1. The van der Waals surface area contributed by atoms with Crippen molar-refractivity contribution in [2.45, 2.75) is 25.4 Å². The summed E-state index contributed by atoms with van der Waals surface area (Å²) in [4.78, 5) is 15.6. The highest BCUT2D eigenvalue weighted by molar-refractivity contribution is 6.31. The molecule has 0 spiro atoms. The number of rotatable bonds is 6. The van der Waals surface area contributed by atoms with Gasteiger partial charge in [0.25, 0.3) is 0 Å². The predicted molar refractivity (Wildman–Crippen MR) is 83.8 cm³/mol. The standard InChI is InChI=1S/C15H24ClN3O/c1-11(13-7-5-6-8-14(13)16)19(4)12(10-17)9-15(20)18(2)3/h5-8,11-12H,9-10,17H2,1-4H3. The van der Waals surface area contributed by atoms with E-state index < -0.39 is 0 Å². The molecule has 0 aliphatic rings. The summed E-state index contributed by atoms with van der Waals surface area (Å²) in [7, 11) is 5.50. The lowest BCUT2D eigenvalue weighted by Gasteiger charge is -2.33. The molecule has 1 rings (SSSR count). The maximum Gasteiger partial charge on any atom is 0.223 e. The molecule has 112 valence electrons. The summed E-state index contributed by atoms with van der Waals surface area (Å²) in [6, 6.07) is 7.86. The van der Waals surface area contributed by atoms with Crippen LogP contribution in [0.3, 0.4) is 0 Å². The van der Waals surface area contributed by atoms with Crippen LogP contribution >= 0.6 is 11.6 Å². The first kappa shape index (κ1) is 17.0. The number of carbonyl (C=O) groups excluding carboxylic acids is 1. The molecule has 1 aromatic rings. The highest BCUT2D eigenvalue weighted by atomic mass is 35.5. The number of hydrogen-bond donors (Lipinski definition) is 1. The van der Waals surface area contributed by atoms with Crippen LogP contribution in [0.25, 0.3) is 0 Å². The molecule has 0 fully saturated rings. The van der Waals surface area contributed by atoms with Crippen LogP contribution < -0.4 is 5.73 Å². The highest BCUT2D eigenvalue weighted by Crippen LogP contribution is 2.27. The van der Waals surface area contributed by atoms with Crippen LogP contribution in [0.2, 0.25) is 5.02 Å². The molecule has 5 heteroatoms. The van der Waals surface area contributed by atoms with E-state index >= 15 is 0 Å². The van der Waals surface area contributed by atoms with Crippen molar-refractivity contribution in [2.24, 2.45) is 5.73 Å². The lowest BCUT2D eigenvalue weighted by molar-refractivity contribution is -0.130. The van der Waals surface area contributed by atoms with Crippen LogP contribution in [-0.2, 0) is 4.79 Å². The van der Waals surface area contributed by atoms with Gasteiger partial charge in [0.2, 0.25) is 5.91 Å². The second-order valence-electron chi connectivity index (χ2n) is 5.24. The Labute approximate surface area is 126 Å². The SMILES string of the molecule is CC(c1ccccc1Cl)N(C)C(CN)CC(=O)N(C)C. The second-order valence-corrected chi connectivity index (χ2v) is 5.65. The molecule has 2 atom stereocenters. The van der Waals surface area contributed by atoms with Crippen LogP contribution in [0.15, 0.2) is 24.3 Å². The molecule has 0 radical (unpaired) electrons. The summed E-state index contributed by atoms with van der Waals surface area (Å²) in [6.45, 7) is 2.51. The summed E-state index contributed by atoms with van der Waals surface area (Å²) < 4.78 is 0. The lowest BCUT2D eigenvalue weighted by atomic mass is 10.0. The summed E-state index contributed by atoms with van der Waals surface area (Å²) in [5, 5.41) is 0.738. The van der Waals surface area contributed by atoms with Gasteiger partial charge in [0.1, 0.15) is 0 Å². The molecular weight excluding hydrogens is 274 g/mol. The van der Waals surface area contributed by atoms with Gasteiger partial charge in [-0.3, -0.25) is 9.69 Å². The summed E-state index contributed by atoms with van der Waals surface area (Å²) in [5.41, 5.74) is 6.88. The van der Waals surface area contributed by atoms with Gasteiger partial charge in [-0.1, -0.05) is 29.8 Å². The molecule has 1 aromatic carbocycles. The Morgan fingerprint density at radius 3 is 2.40 bits per heavy atom. The van der Waals surface area contributed by atoms with Crippen molar-refractivity contribution in [3.8, 4) is 0 Å². The zero-order valence-corrected chi connectivity index (χ0v) is 13.4. The van der Waals surface area contributed by atoms with Gasteiger partial charge >= 0.3 is 0 Å². The third-order valence-corrected chi connectivity index (χ3v) is 4.07. The fourth-order valence-corrected chi connectivity index (χ4v) is 2.42. The zero-order chi connectivity index (χ0) is 15.3. The molecule has 1 amide bonds. The normalized spacial score (nSPS) is 14.2. The van der Waals surface area contributed by atoms with E-state index in [4.69, 9.17) is 17.3 Å². The van der Waals surface area contributed by atoms with E-state index in [0.29, 0.717) is 13.0 Å². The average molecular weight is 298 g/mol. The number of carbonyl (C=O) groups is 1. The molecule has 2 N–H and O–H groups in total. The van der Waals surface area contributed by atoms with Crippen molar-refractivity contribution in [1.29, 1.82) is 0 Å². The Balaban J connectivity index is 2.83. The first-order valence-electron chi connectivity index (χ1n) is 6.75. The second kappa shape index (κ2) is 7.62. The minimum atomic E-state index is -0.00354. The van der Waals surface area contributed by atoms with E-state index in [0.717, 1.165) is 10.6 Å². The van der Waals surface area contributed by atoms with E-state index in [1.165, 1.54) is 0 Å². The Hall–Kier alpha value is -1.10. The van der Waals surface area contributed by atoms with Crippen LogP contribution in [0.5, 0.6) is 0 Å². The van der Waals surface area contributed by atoms with Gasteiger partial charge in [-0.05, 0) is 25.6 Å². The molecule has 0 aromatic heterocycles. The van der Waals surface area contributed by atoms with Gasteiger partial charge in [-0.25, -0.2) is 0 Å². The van der Waals surface area contributed by atoms with Crippen LogP contribution in [0, 0.1) is 0 Å². The number of amides is 1. The van der Waals surface area contributed by atoms with E-state index in [9.17, 15) is 4.79 Å². The Bertz CT molecular complexity index is 450. The molecule has 0 saturated carbocycles. The van der Waals surface area contributed by atoms with E-state index in [1.807, 2.05) is 31.3 Å². The van der Waals surface area contributed by atoms with E-state index in [2.05, 4.69) is 11.8 Å². The monoisotopic (exact) mass is 297 g/mol. The van der Waals surface area contributed by atoms with Crippen LogP contribution in [0.1, 0.15) is 24.9 Å². The van der Waals surface area contributed by atoms with Gasteiger partial charge in [0, 0.05) is 44.2 Å². The van der Waals surface area contributed by atoms with Gasteiger partial charge < -0.3 is 10.6 Å². The minimum Gasteiger partial charge on any atom is -0.349 e. The lowest BCUT2D eigenvalue weighted by Crippen LogP contribution is -2.42. The molecule has 0 aliphatic heterocycles. The molecule has 0 aliphatic carbocycles. The maximum absolute atomic E-state index is 11.9. The van der Waals surface area contributed by atoms with Crippen molar-refractivity contribution in [3.05, 3.63) is 34.9 Å². The quantitative estimate of drug-likeness (QED) is 0.875. The number of benzene rings is 1. The van der Waals surface area contributed by atoms with Crippen molar-refractivity contribution < 1.29 is 4.79 Å². The Kier molecular flexibility index (Phi) is 6.46. The molecule has 0 bridgehead atoms. The van der Waals surface area contributed by atoms with Gasteiger partial charge in [-0.15, -0.1) is 0 Å². The van der Waals surface area contributed by atoms with Crippen molar-refractivity contribution in [2.75, 3.05) is 27.7 Å². The largest absolute Gasteiger partial charge is 0.349 e. The van der Waals surface area contributed by atoms with Gasteiger partial charge in [-0.2, -0.15) is 0 Å². The van der Waals surface area contributed by atoms with Crippen molar-refractivity contribution >= 4 is 17.5 Å². The molecule has 2 unspecified atom stereocenters. The summed E-state index contributed by atoms with van der Waals surface area (Å²) >= 11 is 6.23. The number of likely N-dealkylation sites (N-methyl/N-ethyl adjacent to an activating group) is 1. The predicted octanol–water partition coefficient (Wildman–Crippen LogP) is 2.14. The van der Waals surface area contributed by atoms with Crippen molar-refractivity contribution in [1.82, 2.24) is 9.80 Å². The molecule has 0 saturated heterocycles. The molecule has 4 nitrogen and oxygen atoms in total. The Morgan fingerprint density at radius 2 is 1.90 bits per heavy atom. The summed E-state index contributed by atoms with van der Waals surface area (Å²) in [6.07, 6.45) is 0.412. The van der Waals surface area contributed by atoms with E-state index in [1.54, 1.807) is 19.0 Å². The number of hydrogen-bond acceptors (Lipinski definition) is 3. The fraction of sp³-hybridized carbons (Fsp3) is 0.533. The number of halogens is 1. The molecule has 20 heavy (non-hydrogen) atoms. The van der Waals surface area contributed by atoms with Crippen LogP contribution in [-0.4, -0.2) is 49.4 Å². The highest BCUT2D eigenvalue weighted by Gasteiger charge is 2.24. The third kappa shape index (κ3) is 4.20. The average Bonchev–Trinajstić information content (AvgIpc) is 2.43. The Morgan fingerprint density at radius 1 is 1.30 bits per heavy atom. The smallest absolute Gasteiger partial charge is 0.223 e. The summed E-state index contributed by atoms with van der Waals surface area (Å²) in [5.74, 6) is 0.0821. The van der Waals surface area contributed by atoms with Crippen molar-refractivity contribution in [3.63, 3.8) is 0 Å². The zero-order valence-electron chi connectivity index (χ0n) is 12.6. The number of nitrogens with zero attached hydrogens (tertiary/aromatic N) is 2. The fourth-order valence-electron chi connectivity index (χ4n) is 2.13. The first-order chi connectivity index (χ1) is 9.38. The topological polar surface area (TPSA) is 49.6 Å². The maximum atomic E-state index is 11.9. The molecule has 0 heterocycles. The van der Waals surface area contributed by atoms with E-state index in [-0.39, 0.29) is 18.0 Å². The minimum absolute atomic E-state index is 0.00354. The van der Waals surface area contributed by atoms with Gasteiger partial charge in [0.05, 0.1) is 0 Å². The molecular formula is C15H24ClN3O.